The monoisotopic (exact) mass is 659 g/mol. The van der Waals surface area contributed by atoms with Crippen molar-refractivity contribution in [2.75, 3.05) is 18.6 Å². The number of carbonyl (C=O) groups is 2. The number of carbonyl (C=O) groups excluding carboxylic acids is 2. The molecule has 0 unspecified atom stereocenters. The van der Waals surface area contributed by atoms with Gasteiger partial charge >= 0.3 is 11.9 Å². The molecule has 48 heavy (non-hydrogen) atoms. The number of ether oxygens (including phenoxy) is 2. The van der Waals surface area contributed by atoms with E-state index in [4.69, 9.17) is 14.5 Å². The molecule has 0 aliphatic carbocycles. The predicted octanol–water partition coefficient (Wildman–Crippen LogP) is 7.54. The number of rotatable bonds is 8. The fraction of sp³-hybridized carbons (Fsp3) is 0.289. The second-order valence-electron chi connectivity index (χ2n) is 12.2. The lowest BCUT2D eigenvalue weighted by Crippen LogP contribution is -2.25. The Kier molecular flexibility index (Phi) is 8.66. The van der Waals surface area contributed by atoms with Gasteiger partial charge in [-0.3, -0.25) is 14.4 Å². The number of anilines is 2. The number of aromatic nitrogens is 3. The molecule has 2 aliphatic heterocycles. The molecule has 0 N–H and O–H groups in total. The third-order valence-electron chi connectivity index (χ3n) is 9.19. The summed E-state index contributed by atoms with van der Waals surface area (Å²) in [5, 5.41) is 9.97. The highest BCUT2D eigenvalue weighted by Gasteiger charge is 2.32. The molecular formula is C38H37N5O4S. The van der Waals surface area contributed by atoms with Crippen LogP contribution in [0.4, 0.5) is 11.4 Å². The highest BCUT2D eigenvalue weighted by Crippen LogP contribution is 2.40. The number of hydrogen-bond donors (Lipinski definition) is 0. The summed E-state index contributed by atoms with van der Waals surface area (Å²) < 4.78 is 12.6. The Bertz CT molecular complexity index is 2030. The largest absolute Gasteiger partial charge is 0.469 e. The molecule has 0 fully saturated rings. The van der Waals surface area contributed by atoms with Crippen LogP contribution in [0.15, 0.2) is 77.8 Å². The van der Waals surface area contributed by atoms with Crippen molar-refractivity contribution in [2.24, 2.45) is 4.99 Å². The molecule has 0 spiro atoms. The average molecular weight is 660 g/mol. The van der Waals surface area contributed by atoms with Gasteiger partial charge in [-0.1, -0.05) is 42.5 Å². The first-order valence-corrected chi connectivity index (χ1v) is 17.0. The van der Waals surface area contributed by atoms with Crippen molar-refractivity contribution in [3.63, 3.8) is 0 Å². The Morgan fingerprint density at radius 2 is 1.77 bits per heavy atom. The van der Waals surface area contributed by atoms with E-state index in [0.29, 0.717) is 12.0 Å². The SMILES string of the molecule is COC(=O)CC[C@@H]1N=C(c2ccc(N3CCCc4cc(C(=O)OCc5ccccc5)ccc43)cc2)c2c(sc(C)c2C)-n2c(C)nnc21. The molecule has 7 rings (SSSR count). The van der Waals surface area contributed by atoms with Gasteiger partial charge in [0, 0.05) is 40.3 Å². The van der Waals surface area contributed by atoms with Crippen LogP contribution >= 0.6 is 11.3 Å². The first-order chi connectivity index (χ1) is 23.3. The molecule has 0 amide bonds. The van der Waals surface area contributed by atoms with E-state index in [1.54, 1.807) is 11.3 Å². The Morgan fingerprint density at radius 1 is 0.979 bits per heavy atom. The van der Waals surface area contributed by atoms with E-state index in [1.165, 1.54) is 17.6 Å². The summed E-state index contributed by atoms with van der Waals surface area (Å²) in [6.45, 7) is 7.35. The molecule has 4 heterocycles. The second kappa shape index (κ2) is 13.2. The van der Waals surface area contributed by atoms with Gasteiger partial charge in [-0.25, -0.2) is 4.79 Å². The zero-order valence-corrected chi connectivity index (χ0v) is 28.3. The number of benzene rings is 3. The number of esters is 2. The topological polar surface area (TPSA) is 98.9 Å². The van der Waals surface area contributed by atoms with Gasteiger partial charge in [-0.15, -0.1) is 21.5 Å². The van der Waals surface area contributed by atoms with Gasteiger partial charge in [0.2, 0.25) is 0 Å². The van der Waals surface area contributed by atoms with Crippen molar-refractivity contribution in [1.29, 1.82) is 0 Å². The molecule has 0 radical (unpaired) electrons. The number of hydrogen-bond acceptors (Lipinski definition) is 9. The fourth-order valence-electron chi connectivity index (χ4n) is 6.54. The van der Waals surface area contributed by atoms with Crippen LogP contribution in [0, 0.1) is 20.8 Å². The summed E-state index contributed by atoms with van der Waals surface area (Å²) in [4.78, 5) is 33.9. The van der Waals surface area contributed by atoms with E-state index in [9.17, 15) is 9.59 Å². The van der Waals surface area contributed by atoms with Gasteiger partial charge < -0.3 is 14.4 Å². The number of methoxy groups -OCH3 is 1. The van der Waals surface area contributed by atoms with Crippen LogP contribution < -0.4 is 4.90 Å². The minimum atomic E-state index is -0.359. The Morgan fingerprint density at radius 3 is 2.54 bits per heavy atom. The van der Waals surface area contributed by atoms with Crippen LogP contribution in [0.5, 0.6) is 0 Å². The van der Waals surface area contributed by atoms with Gasteiger partial charge in [0.1, 0.15) is 23.5 Å². The summed E-state index contributed by atoms with van der Waals surface area (Å²) >= 11 is 1.71. The quantitative estimate of drug-likeness (QED) is 0.159. The van der Waals surface area contributed by atoms with Crippen molar-refractivity contribution < 1.29 is 19.1 Å². The molecule has 0 bridgehead atoms. The number of aryl methyl sites for hydroxylation is 3. The van der Waals surface area contributed by atoms with Crippen LogP contribution in [0.25, 0.3) is 5.00 Å². The summed E-state index contributed by atoms with van der Waals surface area (Å²) in [5.74, 6) is 0.934. The van der Waals surface area contributed by atoms with E-state index in [2.05, 4.69) is 57.8 Å². The second-order valence-corrected chi connectivity index (χ2v) is 13.4. The number of fused-ring (bicyclic) bond motifs is 4. The van der Waals surface area contributed by atoms with Gasteiger partial charge in [0.05, 0.1) is 18.4 Å². The van der Waals surface area contributed by atoms with Crippen LogP contribution in [0.3, 0.4) is 0 Å². The van der Waals surface area contributed by atoms with Crippen molar-refractivity contribution in [2.45, 2.75) is 59.1 Å². The van der Waals surface area contributed by atoms with Gasteiger partial charge in [0.25, 0.3) is 0 Å². The molecule has 0 saturated carbocycles. The normalized spacial score (nSPS) is 15.1. The molecule has 1 atom stereocenters. The van der Waals surface area contributed by atoms with Crippen molar-refractivity contribution in [3.8, 4) is 5.00 Å². The van der Waals surface area contributed by atoms with Crippen LogP contribution in [-0.2, 0) is 27.3 Å². The zero-order valence-electron chi connectivity index (χ0n) is 27.5. The fourth-order valence-corrected chi connectivity index (χ4v) is 7.75. The van der Waals surface area contributed by atoms with E-state index >= 15 is 0 Å². The minimum absolute atomic E-state index is 0.231. The average Bonchev–Trinajstić information content (AvgIpc) is 3.59. The highest BCUT2D eigenvalue weighted by molar-refractivity contribution is 7.15. The number of nitrogens with zero attached hydrogens (tertiary/aromatic N) is 5. The van der Waals surface area contributed by atoms with E-state index in [-0.39, 0.29) is 31.0 Å². The van der Waals surface area contributed by atoms with Crippen LogP contribution in [0.1, 0.15) is 80.0 Å². The summed E-state index contributed by atoms with van der Waals surface area (Å²) in [6, 6.07) is 23.8. The molecule has 0 saturated heterocycles. The lowest BCUT2D eigenvalue weighted by atomic mass is 9.97. The van der Waals surface area contributed by atoms with E-state index in [1.807, 2.05) is 55.5 Å². The Hall–Kier alpha value is -5.09. The molecule has 3 aromatic carbocycles. The molecular weight excluding hydrogens is 623 g/mol. The zero-order chi connectivity index (χ0) is 33.4. The van der Waals surface area contributed by atoms with Crippen molar-refractivity contribution >= 4 is 40.4 Å². The first-order valence-electron chi connectivity index (χ1n) is 16.2. The maximum Gasteiger partial charge on any atom is 0.338 e. The Balaban J connectivity index is 1.18. The summed E-state index contributed by atoms with van der Waals surface area (Å²) in [7, 11) is 1.41. The van der Waals surface area contributed by atoms with Gasteiger partial charge in [-0.05, 0) is 87.1 Å². The molecule has 5 aromatic rings. The molecule has 9 nitrogen and oxygen atoms in total. The molecule has 2 aromatic heterocycles. The van der Waals surface area contributed by atoms with E-state index in [0.717, 1.165) is 75.4 Å². The number of thiophene rings is 1. The summed E-state index contributed by atoms with van der Waals surface area (Å²) in [5.41, 5.74) is 8.96. The maximum atomic E-state index is 12.9. The smallest absolute Gasteiger partial charge is 0.338 e. The van der Waals surface area contributed by atoms with Crippen molar-refractivity contribution in [1.82, 2.24) is 14.8 Å². The Labute approximate surface area is 283 Å². The highest BCUT2D eigenvalue weighted by atomic mass is 32.1. The van der Waals surface area contributed by atoms with Crippen molar-refractivity contribution in [3.05, 3.63) is 123 Å². The lowest BCUT2D eigenvalue weighted by molar-refractivity contribution is -0.140. The molecule has 10 heteroatoms. The van der Waals surface area contributed by atoms with Crippen LogP contribution in [0.2, 0.25) is 0 Å². The minimum Gasteiger partial charge on any atom is -0.469 e. The molecule has 244 valence electrons. The molecule has 2 aliphatic rings. The first kappa shape index (κ1) is 31.5. The van der Waals surface area contributed by atoms with Gasteiger partial charge in [-0.2, -0.15) is 0 Å². The predicted molar refractivity (Wildman–Crippen MR) is 187 cm³/mol. The van der Waals surface area contributed by atoms with Crippen LogP contribution in [-0.4, -0.2) is 46.1 Å². The standard InChI is InChI=1S/C38H37N5O4S/c1-23-24(2)48-37-34(23)35(39-31(17-19-33(44)46-4)36-41-40-25(3)43(36)37)27-12-15-30(16-13-27)42-20-8-11-28-21-29(14-18-32(28)42)38(45)47-22-26-9-6-5-7-10-26/h5-7,9-10,12-16,18,21,31H,8,11,17,19-20,22H2,1-4H3/t31-/m0/s1. The number of aliphatic imine (C=N–C) groups is 1. The summed E-state index contributed by atoms with van der Waals surface area (Å²) in [6.07, 6.45) is 2.57. The lowest BCUT2D eigenvalue weighted by Gasteiger charge is -2.32. The van der Waals surface area contributed by atoms with E-state index < -0.39 is 0 Å². The maximum absolute atomic E-state index is 12.9. The third kappa shape index (κ3) is 5.92. The third-order valence-corrected chi connectivity index (χ3v) is 10.4. The van der Waals surface area contributed by atoms with Gasteiger partial charge in [0.15, 0.2) is 5.82 Å².